The molecule has 0 spiro atoms. The van der Waals surface area contributed by atoms with Gasteiger partial charge in [0.05, 0.1) is 31.6 Å². The third-order valence-electron chi connectivity index (χ3n) is 6.60. The van der Waals surface area contributed by atoms with Crippen LogP contribution in [0.2, 0.25) is 0 Å². The van der Waals surface area contributed by atoms with Crippen molar-refractivity contribution in [3.05, 3.63) is 35.7 Å². The molecule has 1 aromatic carbocycles. The minimum atomic E-state index is -0.247. The standard InChI is InChI=1S/C25H37N5O5/c1-18-12-30(19(2)16-31)25(32)5-4-8-29-14-21(26-27-29)17-35-24(18)15-28(3)13-20-6-7-22-23(11-20)34-10-9-33-22/h6-7,11,14,18-19,24,31H,4-5,8-10,12-13,15-17H2,1-3H3. The Bertz CT molecular complexity index is 983. The normalized spacial score (nSPS) is 22.3. The fourth-order valence-corrected chi connectivity index (χ4v) is 4.56. The molecular weight excluding hydrogens is 450 g/mol. The van der Waals surface area contributed by atoms with Crippen LogP contribution in [-0.2, 0) is 29.2 Å². The summed E-state index contributed by atoms with van der Waals surface area (Å²) in [7, 11) is 2.06. The Labute approximate surface area is 206 Å². The molecule has 1 aromatic heterocycles. The average Bonchev–Trinajstić information content (AvgIpc) is 3.31. The van der Waals surface area contributed by atoms with Crippen LogP contribution in [0.15, 0.2) is 24.4 Å². The van der Waals surface area contributed by atoms with Crippen molar-refractivity contribution in [1.29, 1.82) is 0 Å². The number of aryl methyl sites for hydroxylation is 1. The number of aromatic nitrogens is 3. The minimum Gasteiger partial charge on any atom is -0.486 e. The summed E-state index contributed by atoms with van der Waals surface area (Å²) in [6.45, 7) is 7.94. The van der Waals surface area contributed by atoms with Crippen molar-refractivity contribution >= 4 is 5.91 Å². The number of hydrogen-bond donors (Lipinski definition) is 1. The molecule has 1 amide bonds. The number of aliphatic hydroxyl groups excluding tert-OH is 1. The lowest BCUT2D eigenvalue weighted by Gasteiger charge is -2.35. The molecular formula is C25H37N5O5. The lowest BCUT2D eigenvalue weighted by atomic mass is 10.0. The quantitative estimate of drug-likeness (QED) is 0.657. The van der Waals surface area contributed by atoms with Crippen molar-refractivity contribution < 1.29 is 24.1 Å². The van der Waals surface area contributed by atoms with Crippen LogP contribution in [0.5, 0.6) is 11.5 Å². The molecule has 2 aromatic rings. The summed E-state index contributed by atoms with van der Waals surface area (Å²) < 4.78 is 19.5. The topological polar surface area (TPSA) is 102 Å². The number of carbonyl (C=O) groups excluding carboxylic acids is 1. The Morgan fingerprint density at radius 1 is 1.26 bits per heavy atom. The molecule has 0 saturated carbocycles. The van der Waals surface area contributed by atoms with Gasteiger partial charge in [0.2, 0.25) is 5.91 Å². The summed E-state index contributed by atoms with van der Waals surface area (Å²) in [6.07, 6.45) is 2.82. The summed E-state index contributed by atoms with van der Waals surface area (Å²) in [5.41, 5.74) is 1.91. The van der Waals surface area contributed by atoms with Crippen LogP contribution in [0.4, 0.5) is 0 Å². The Morgan fingerprint density at radius 3 is 2.86 bits per heavy atom. The molecule has 0 aliphatic carbocycles. The highest BCUT2D eigenvalue weighted by Crippen LogP contribution is 2.31. The molecule has 35 heavy (non-hydrogen) atoms. The zero-order valence-electron chi connectivity index (χ0n) is 20.9. The summed E-state index contributed by atoms with van der Waals surface area (Å²) in [5, 5.41) is 18.2. The monoisotopic (exact) mass is 487 g/mol. The van der Waals surface area contributed by atoms with Crippen LogP contribution in [0, 0.1) is 5.92 Å². The minimum absolute atomic E-state index is 0.0429. The van der Waals surface area contributed by atoms with Crippen molar-refractivity contribution in [1.82, 2.24) is 24.8 Å². The Morgan fingerprint density at radius 2 is 2.06 bits per heavy atom. The lowest BCUT2D eigenvalue weighted by Crippen LogP contribution is -2.47. The Kier molecular flexibility index (Phi) is 8.59. The van der Waals surface area contributed by atoms with Crippen molar-refractivity contribution in [3.63, 3.8) is 0 Å². The smallest absolute Gasteiger partial charge is 0.222 e. The number of fused-ring (bicyclic) bond motifs is 3. The fourth-order valence-electron chi connectivity index (χ4n) is 4.56. The first-order chi connectivity index (χ1) is 16.9. The summed E-state index contributed by atoms with van der Waals surface area (Å²) in [6, 6.07) is 5.80. The second kappa shape index (κ2) is 11.8. The van der Waals surface area contributed by atoms with Gasteiger partial charge < -0.3 is 24.2 Å². The van der Waals surface area contributed by atoms with Gasteiger partial charge in [0.25, 0.3) is 0 Å². The number of hydrogen-bond acceptors (Lipinski definition) is 8. The van der Waals surface area contributed by atoms with E-state index in [2.05, 4.69) is 35.2 Å². The largest absolute Gasteiger partial charge is 0.486 e. The van der Waals surface area contributed by atoms with E-state index in [1.807, 2.05) is 25.3 Å². The van der Waals surface area contributed by atoms with Gasteiger partial charge >= 0.3 is 0 Å². The van der Waals surface area contributed by atoms with Gasteiger partial charge in [-0.25, -0.2) is 0 Å². The third-order valence-corrected chi connectivity index (χ3v) is 6.60. The first-order valence-corrected chi connectivity index (χ1v) is 12.4. The Balaban J connectivity index is 1.47. The van der Waals surface area contributed by atoms with Crippen LogP contribution in [-0.4, -0.2) is 87.9 Å². The number of amides is 1. The predicted octanol–water partition coefficient (Wildman–Crippen LogP) is 1.71. The first kappa shape index (κ1) is 25.4. The molecule has 0 fully saturated rings. The van der Waals surface area contributed by atoms with E-state index in [1.165, 1.54) is 0 Å². The maximum absolute atomic E-state index is 13.0. The van der Waals surface area contributed by atoms with Crippen molar-refractivity contribution in [2.75, 3.05) is 40.0 Å². The number of aliphatic hydroxyl groups is 1. The van der Waals surface area contributed by atoms with Gasteiger partial charge in [0, 0.05) is 38.5 Å². The molecule has 3 atom stereocenters. The zero-order chi connectivity index (χ0) is 24.8. The van der Waals surface area contributed by atoms with Gasteiger partial charge in [-0.3, -0.25) is 14.4 Å². The van der Waals surface area contributed by atoms with E-state index in [4.69, 9.17) is 14.2 Å². The summed E-state index contributed by atoms with van der Waals surface area (Å²) >= 11 is 0. The highest BCUT2D eigenvalue weighted by molar-refractivity contribution is 5.76. The lowest BCUT2D eigenvalue weighted by molar-refractivity contribution is -0.136. The van der Waals surface area contributed by atoms with E-state index in [0.717, 1.165) is 29.3 Å². The van der Waals surface area contributed by atoms with Crippen molar-refractivity contribution in [3.8, 4) is 11.5 Å². The highest BCUT2D eigenvalue weighted by atomic mass is 16.6. The molecule has 192 valence electrons. The van der Waals surface area contributed by atoms with E-state index >= 15 is 0 Å². The molecule has 3 unspecified atom stereocenters. The number of benzene rings is 1. The van der Waals surface area contributed by atoms with E-state index in [1.54, 1.807) is 9.58 Å². The molecule has 4 rings (SSSR count). The molecule has 0 saturated heterocycles. The number of rotatable bonds is 6. The average molecular weight is 488 g/mol. The molecule has 10 heteroatoms. The molecule has 2 bridgehead atoms. The van der Waals surface area contributed by atoms with Gasteiger partial charge in [0.15, 0.2) is 11.5 Å². The Hall–Kier alpha value is -2.69. The molecule has 3 heterocycles. The SMILES string of the molecule is CC1CN(C(C)CO)C(=O)CCCn2cc(nn2)COC1CN(C)Cc1ccc2c(c1)OCCO2. The molecule has 0 radical (unpaired) electrons. The number of nitrogens with zero attached hydrogens (tertiary/aromatic N) is 5. The summed E-state index contributed by atoms with van der Waals surface area (Å²) in [4.78, 5) is 17.0. The molecule has 10 nitrogen and oxygen atoms in total. The maximum atomic E-state index is 13.0. The predicted molar refractivity (Wildman–Crippen MR) is 129 cm³/mol. The van der Waals surface area contributed by atoms with Crippen LogP contribution in [0.3, 0.4) is 0 Å². The maximum Gasteiger partial charge on any atom is 0.222 e. The van der Waals surface area contributed by atoms with Crippen LogP contribution in [0.1, 0.15) is 37.9 Å². The van der Waals surface area contributed by atoms with Crippen LogP contribution >= 0.6 is 0 Å². The molecule has 1 N–H and O–H groups in total. The van der Waals surface area contributed by atoms with Gasteiger partial charge in [-0.15, -0.1) is 5.10 Å². The molecule has 2 aliphatic rings. The van der Waals surface area contributed by atoms with E-state index in [9.17, 15) is 9.90 Å². The van der Waals surface area contributed by atoms with Crippen molar-refractivity contribution in [2.24, 2.45) is 5.92 Å². The zero-order valence-corrected chi connectivity index (χ0v) is 20.9. The van der Waals surface area contributed by atoms with E-state index in [0.29, 0.717) is 52.3 Å². The second-order valence-electron chi connectivity index (χ2n) is 9.66. The van der Waals surface area contributed by atoms with Gasteiger partial charge in [-0.2, -0.15) is 0 Å². The van der Waals surface area contributed by atoms with Gasteiger partial charge in [-0.1, -0.05) is 18.2 Å². The number of ether oxygens (including phenoxy) is 3. The second-order valence-corrected chi connectivity index (χ2v) is 9.66. The number of likely N-dealkylation sites (N-methyl/N-ethyl adjacent to an activating group) is 1. The molecule has 2 aliphatic heterocycles. The van der Waals surface area contributed by atoms with E-state index < -0.39 is 0 Å². The summed E-state index contributed by atoms with van der Waals surface area (Å²) in [5.74, 6) is 1.66. The number of carbonyl (C=O) groups is 1. The van der Waals surface area contributed by atoms with Crippen LogP contribution < -0.4 is 9.47 Å². The van der Waals surface area contributed by atoms with Crippen molar-refractivity contribution in [2.45, 2.75) is 58.5 Å². The van der Waals surface area contributed by atoms with Crippen LogP contribution in [0.25, 0.3) is 0 Å². The fraction of sp³-hybridized carbons (Fsp3) is 0.640. The third kappa shape index (κ3) is 6.71. The first-order valence-electron chi connectivity index (χ1n) is 12.4. The van der Waals surface area contributed by atoms with Gasteiger partial charge in [0.1, 0.15) is 18.9 Å². The van der Waals surface area contributed by atoms with Gasteiger partial charge in [-0.05, 0) is 38.1 Å². The highest BCUT2D eigenvalue weighted by Gasteiger charge is 2.28. The van der Waals surface area contributed by atoms with E-state index in [-0.39, 0.29) is 30.6 Å².